The van der Waals surface area contributed by atoms with Crippen LogP contribution in [0.3, 0.4) is 0 Å². The van der Waals surface area contributed by atoms with Gasteiger partial charge in [0.05, 0.1) is 5.52 Å². The van der Waals surface area contributed by atoms with Gasteiger partial charge in [-0.05, 0) is 50.8 Å². The highest BCUT2D eigenvalue weighted by Gasteiger charge is 2.25. The molecule has 1 amide bonds. The first-order valence-electron chi connectivity index (χ1n) is 10.8. The molecule has 0 aliphatic carbocycles. The standard InChI is InChI=1S/C25H28N4O2/c1-4-21(25(31)26-17(2)14-15-19-10-6-5-7-11-19)29-22-13-9-8-12-20(22)24-27-23(30)16-18(3)28(24)29/h5-13,16-17,21H,4,14-15H2,1-3H3,(H,26,31)/t17-,21-/m0/s1. The number of benzene rings is 2. The summed E-state index contributed by atoms with van der Waals surface area (Å²) in [7, 11) is 0. The molecule has 0 unspecified atom stereocenters. The Morgan fingerprint density at radius 2 is 1.81 bits per heavy atom. The Kier molecular flexibility index (Phi) is 5.89. The molecule has 2 heterocycles. The van der Waals surface area contributed by atoms with Gasteiger partial charge in [0.25, 0.3) is 5.56 Å². The Morgan fingerprint density at radius 3 is 2.55 bits per heavy atom. The predicted octanol–water partition coefficient (Wildman–Crippen LogP) is 4.05. The van der Waals surface area contributed by atoms with E-state index >= 15 is 0 Å². The molecule has 0 spiro atoms. The Labute approximate surface area is 181 Å². The molecule has 4 aromatic rings. The van der Waals surface area contributed by atoms with Crippen molar-refractivity contribution in [3.8, 4) is 0 Å². The van der Waals surface area contributed by atoms with Crippen molar-refractivity contribution in [2.24, 2.45) is 0 Å². The van der Waals surface area contributed by atoms with Crippen molar-refractivity contribution in [2.45, 2.75) is 52.1 Å². The smallest absolute Gasteiger partial charge is 0.273 e. The van der Waals surface area contributed by atoms with Crippen molar-refractivity contribution in [3.05, 3.63) is 82.3 Å². The van der Waals surface area contributed by atoms with E-state index < -0.39 is 6.04 Å². The third-order valence-electron chi connectivity index (χ3n) is 5.77. The van der Waals surface area contributed by atoms with Crippen LogP contribution in [0.4, 0.5) is 0 Å². The minimum Gasteiger partial charge on any atom is -0.352 e. The van der Waals surface area contributed by atoms with Crippen LogP contribution in [-0.4, -0.2) is 26.1 Å². The van der Waals surface area contributed by atoms with Crippen LogP contribution in [0.2, 0.25) is 0 Å². The maximum Gasteiger partial charge on any atom is 0.273 e. The monoisotopic (exact) mass is 416 g/mol. The molecule has 0 fully saturated rings. The molecule has 160 valence electrons. The number of rotatable bonds is 7. The van der Waals surface area contributed by atoms with E-state index in [0.717, 1.165) is 29.4 Å². The van der Waals surface area contributed by atoms with E-state index in [-0.39, 0.29) is 17.5 Å². The number of hydrogen-bond acceptors (Lipinski definition) is 3. The number of carbonyl (C=O) groups excluding carboxylic acids is 1. The zero-order valence-corrected chi connectivity index (χ0v) is 18.2. The maximum atomic E-state index is 13.3. The quantitative estimate of drug-likeness (QED) is 0.494. The number of amides is 1. The largest absolute Gasteiger partial charge is 0.352 e. The van der Waals surface area contributed by atoms with Crippen molar-refractivity contribution >= 4 is 22.5 Å². The first-order valence-corrected chi connectivity index (χ1v) is 10.8. The van der Waals surface area contributed by atoms with Gasteiger partial charge in [0, 0.05) is 23.2 Å². The summed E-state index contributed by atoms with van der Waals surface area (Å²) in [4.78, 5) is 29.6. The zero-order chi connectivity index (χ0) is 22.0. The molecule has 2 atom stereocenters. The summed E-state index contributed by atoms with van der Waals surface area (Å²) >= 11 is 0. The fourth-order valence-electron chi connectivity index (χ4n) is 4.22. The number of carbonyl (C=O) groups is 1. The fraction of sp³-hybridized carbons (Fsp3) is 0.320. The van der Waals surface area contributed by atoms with Crippen LogP contribution in [0.25, 0.3) is 16.6 Å². The van der Waals surface area contributed by atoms with Gasteiger partial charge in [0.1, 0.15) is 6.04 Å². The Morgan fingerprint density at radius 1 is 1.10 bits per heavy atom. The average Bonchev–Trinajstić information content (AvgIpc) is 3.08. The van der Waals surface area contributed by atoms with E-state index in [1.54, 1.807) is 0 Å². The molecule has 2 aromatic carbocycles. The lowest BCUT2D eigenvalue weighted by Gasteiger charge is -2.23. The lowest BCUT2D eigenvalue weighted by Crippen LogP contribution is -2.39. The number of aromatic nitrogens is 3. The number of aryl methyl sites for hydroxylation is 2. The van der Waals surface area contributed by atoms with E-state index in [4.69, 9.17) is 0 Å². The lowest BCUT2D eigenvalue weighted by atomic mass is 10.1. The van der Waals surface area contributed by atoms with Crippen molar-refractivity contribution in [2.75, 3.05) is 0 Å². The van der Waals surface area contributed by atoms with Gasteiger partial charge in [-0.15, -0.1) is 0 Å². The molecule has 6 nitrogen and oxygen atoms in total. The van der Waals surface area contributed by atoms with Crippen LogP contribution in [-0.2, 0) is 11.2 Å². The Hall–Kier alpha value is -3.41. The molecule has 0 bridgehead atoms. The van der Waals surface area contributed by atoms with Crippen LogP contribution in [0.15, 0.2) is 65.5 Å². The molecule has 4 rings (SSSR count). The van der Waals surface area contributed by atoms with Crippen molar-refractivity contribution in [1.82, 2.24) is 19.5 Å². The van der Waals surface area contributed by atoms with E-state index in [1.165, 1.54) is 11.6 Å². The van der Waals surface area contributed by atoms with Crippen molar-refractivity contribution in [1.29, 1.82) is 0 Å². The zero-order valence-electron chi connectivity index (χ0n) is 18.2. The topological polar surface area (TPSA) is 68.4 Å². The molecule has 0 aliphatic rings. The van der Waals surface area contributed by atoms with Crippen molar-refractivity contribution < 1.29 is 4.79 Å². The van der Waals surface area contributed by atoms with Gasteiger partial charge < -0.3 is 5.32 Å². The third kappa shape index (κ3) is 4.10. The van der Waals surface area contributed by atoms with E-state index in [0.29, 0.717) is 12.1 Å². The van der Waals surface area contributed by atoms with Crippen LogP contribution < -0.4 is 10.9 Å². The van der Waals surface area contributed by atoms with Crippen LogP contribution >= 0.6 is 0 Å². The SMILES string of the molecule is CC[C@@H](C(=O)N[C@@H](C)CCc1ccccc1)n1c2ccccc2c2nc(=O)cc(C)n21. The minimum absolute atomic E-state index is 0.0242. The van der Waals surface area contributed by atoms with Gasteiger partial charge >= 0.3 is 0 Å². The highest BCUT2D eigenvalue weighted by Crippen LogP contribution is 2.26. The van der Waals surface area contributed by atoms with Gasteiger partial charge in [-0.1, -0.05) is 49.4 Å². The first kappa shape index (κ1) is 20.8. The summed E-state index contributed by atoms with van der Waals surface area (Å²) in [5.41, 5.74) is 3.23. The number of para-hydroxylation sites is 1. The fourth-order valence-corrected chi connectivity index (χ4v) is 4.22. The third-order valence-corrected chi connectivity index (χ3v) is 5.77. The average molecular weight is 417 g/mol. The summed E-state index contributed by atoms with van der Waals surface area (Å²) < 4.78 is 3.88. The molecule has 0 aliphatic heterocycles. The molecule has 2 aromatic heterocycles. The minimum atomic E-state index is -0.412. The molecule has 0 saturated heterocycles. The molecule has 0 saturated carbocycles. The van der Waals surface area contributed by atoms with Crippen LogP contribution in [0, 0.1) is 6.92 Å². The van der Waals surface area contributed by atoms with Crippen LogP contribution in [0.1, 0.15) is 44.0 Å². The molecule has 0 radical (unpaired) electrons. The van der Waals surface area contributed by atoms with Crippen LogP contribution in [0.5, 0.6) is 0 Å². The summed E-state index contributed by atoms with van der Waals surface area (Å²) in [6.07, 6.45) is 2.40. The Balaban J connectivity index is 1.65. The summed E-state index contributed by atoms with van der Waals surface area (Å²) in [5, 5.41) is 4.06. The summed E-state index contributed by atoms with van der Waals surface area (Å²) in [6, 6.07) is 19.2. The molecule has 31 heavy (non-hydrogen) atoms. The van der Waals surface area contributed by atoms with E-state index in [2.05, 4.69) is 22.4 Å². The van der Waals surface area contributed by atoms with E-state index in [9.17, 15) is 9.59 Å². The second kappa shape index (κ2) is 8.76. The van der Waals surface area contributed by atoms with E-state index in [1.807, 2.05) is 72.4 Å². The predicted molar refractivity (Wildman–Crippen MR) is 123 cm³/mol. The first-order chi connectivity index (χ1) is 15.0. The second-order valence-electron chi connectivity index (χ2n) is 8.09. The highest BCUT2D eigenvalue weighted by atomic mass is 16.2. The number of nitrogens with one attached hydrogen (secondary N) is 1. The number of fused-ring (bicyclic) bond motifs is 3. The number of hydrogen-bond donors (Lipinski definition) is 1. The number of nitrogens with zero attached hydrogens (tertiary/aromatic N) is 3. The molecular formula is C25H28N4O2. The highest BCUT2D eigenvalue weighted by molar-refractivity contribution is 5.94. The normalized spacial score (nSPS) is 13.4. The summed E-state index contributed by atoms with van der Waals surface area (Å²) in [5.74, 6) is -0.0242. The van der Waals surface area contributed by atoms with Crippen molar-refractivity contribution in [3.63, 3.8) is 0 Å². The van der Waals surface area contributed by atoms with Gasteiger partial charge in [-0.2, -0.15) is 4.98 Å². The Bertz CT molecular complexity index is 1270. The molecular weight excluding hydrogens is 388 g/mol. The van der Waals surface area contributed by atoms with Gasteiger partial charge in [0.2, 0.25) is 5.91 Å². The summed E-state index contributed by atoms with van der Waals surface area (Å²) in [6.45, 7) is 5.92. The van der Waals surface area contributed by atoms with Gasteiger partial charge in [-0.25, -0.2) is 4.52 Å². The second-order valence-corrected chi connectivity index (χ2v) is 8.09. The maximum absolute atomic E-state index is 13.3. The lowest BCUT2D eigenvalue weighted by molar-refractivity contribution is -0.125. The molecule has 6 heteroatoms. The van der Waals surface area contributed by atoms with Gasteiger partial charge in [-0.3, -0.25) is 14.3 Å². The van der Waals surface area contributed by atoms with Gasteiger partial charge in [0.15, 0.2) is 5.65 Å². The molecule has 1 N–H and O–H groups in total.